The van der Waals surface area contributed by atoms with E-state index in [0.29, 0.717) is 12.5 Å². The van der Waals surface area contributed by atoms with E-state index < -0.39 is 0 Å². The summed E-state index contributed by atoms with van der Waals surface area (Å²) in [5, 5.41) is 6.47. The van der Waals surface area contributed by atoms with Crippen LogP contribution < -0.4 is 10.6 Å². The minimum absolute atomic E-state index is 0.0502. The van der Waals surface area contributed by atoms with Gasteiger partial charge < -0.3 is 5.32 Å². The van der Waals surface area contributed by atoms with Crippen LogP contribution in [0.1, 0.15) is 53.6 Å². The number of hydrogen-bond donors (Lipinski definition) is 2. The highest BCUT2D eigenvalue weighted by Crippen LogP contribution is 2.26. The Kier molecular flexibility index (Phi) is 6.58. The number of nitrogens with one attached hydrogen (secondary N) is 2. The first kappa shape index (κ1) is 18.7. The first-order chi connectivity index (χ1) is 11.4. The molecule has 0 aliphatic heterocycles. The van der Waals surface area contributed by atoms with Gasteiger partial charge in [-0.2, -0.15) is 0 Å². The molecule has 1 amide bonds. The maximum atomic E-state index is 12.4. The number of carbonyl (C=O) groups is 1. The van der Waals surface area contributed by atoms with E-state index in [-0.39, 0.29) is 18.0 Å². The van der Waals surface area contributed by atoms with Crippen molar-refractivity contribution in [2.45, 2.75) is 52.6 Å². The average molecular weight is 345 g/mol. The van der Waals surface area contributed by atoms with E-state index in [2.05, 4.69) is 56.5 Å². The molecule has 3 nitrogen and oxygen atoms in total. The monoisotopic (exact) mass is 344 g/mol. The summed E-state index contributed by atoms with van der Waals surface area (Å²) in [7, 11) is 0. The third-order valence-corrected chi connectivity index (χ3v) is 5.37. The molecule has 0 spiro atoms. The SMILES string of the molecule is Cc1cc(C(C)NC(C)C(=O)NCC(C)c2ccccc2)c(C)s1. The maximum Gasteiger partial charge on any atom is 0.236 e. The molecule has 1 heterocycles. The van der Waals surface area contributed by atoms with E-state index in [1.54, 1.807) is 11.3 Å². The Morgan fingerprint density at radius 3 is 2.38 bits per heavy atom. The minimum Gasteiger partial charge on any atom is -0.354 e. The molecule has 2 N–H and O–H groups in total. The number of hydrogen-bond acceptors (Lipinski definition) is 3. The summed E-state index contributed by atoms with van der Waals surface area (Å²) in [5.74, 6) is 0.357. The van der Waals surface area contributed by atoms with Crippen molar-refractivity contribution >= 4 is 17.2 Å². The smallest absolute Gasteiger partial charge is 0.236 e. The second-order valence-electron chi connectivity index (χ2n) is 6.54. The van der Waals surface area contributed by atoms with Crippen LogP contribution in [-0.4, -0.2) is 18.5 Å². The zero-order valence-electron chi connectivity index (χ0n) is 15.2. The number of aryl methyl sites for hydroxylation is 2. The molecule has 0 aliphatic carbocycles. The number of thiophene rings is 1. The highest BCUT2D eigenvalue weighted by molar-refractivity contribution is 7.12. The average Bonchev–Trinajstić information content (AvgIpc) is 2.91. The fraction of sp³-hybridized carbons (Fsp3) is 0.450. The van der Waals surface area contributed by atoms with Crippen molar-refractivity contribution in [1.82, 2.24) is 10.6 Å². The van der Waals surface area contributed by atoms with E-state index in [4.69, 9.17) is 0 Å². The zero-order valence-corrected chi connectivity index (χ0v) is 16.0. The second-order valence-corrected chi connectivity index (χ2v) is 8.00. The Balaban J connectivity index is 1.85. The lowest BCUT2D eigenvalue weighted by atomic mass is 10.0. The third kappa shape index (κ3) is 4.92. The lowest BCUT2D eigenvalue weighted by Gasteiger charge is -2.21. The molecule has 2 aromatic rings. The van der Waals surface area contributed by atoms with Gasteiger partial charge in [-0.3, -0.25) is 10.1 Å². The lowest BCUT2D eigenvalue weighted by molar-refractivity contribution is -0.123. The van der Waals surface area contributed by atoms with Crippen LogP contribution >= 0.6 is 11.3 Å². The van der Waals surface area contributed by atoms with E-state index in [0.717, 1.165) is 0 Å². The largest absolute Gasteiger partial charge is 0.354 e. The van der Waals surface area contributed by atoms with Crippen molar-refractivity contribution in [3.63, 3.8) is 0 Å². The van der Waals surface area contributed by atoms with E-state index in [9.17, 15) is 4.79 Å². The number of carbonyl (C=O) groups excluding carboxylic acids is 1. The van der Waals surface area contributed by atoms with Gasteiger partial charge in [-0.15, -0.1) is 11.3 Å². The maximum absolute atomic E-state index is 12.4. The standard InChI is InChI=1S/C20H28N2OS/c1-13(18-9-7-6-8-10-18)12-21-20(23)16(4)22-15(3)19-11-14(2)24-17(19)5/h6-11,13,15-16,22H,12H2,1-5H3,(H,21,23). The van der Waals surface area contributed by atoms with Gasteiger partial charge in [0, 0.05) is 22.3 Å². The van der Waals surface area contributed by atoms with Gasteiger partial charge in [0.05, 0.1) is 6.04 Å². The number of rotatable bonds is 7. The first-order valence-corrected chi connectivity index (χ1v) is 9.35. The Bertz CT molecular complexity index is 666. The molecule has 3 unspecified atom stereocenters. The van der Waals surface area contributed by atoms with Gasteiger partial charge >= 0.3 is 0 Å². The predicted molar refractivity (Wildman–Crippen MR) is 103 cm³/mol. The van der Waals surface area contributed by atoms with Crippen molar-refractivity contribution in [3.8, 4) is 0 Å². The second kappa shape index (κ2) is 8.45. The molecule has 24 heavy (non-hydrogen) atoms. The molecule has 2 rings (SSSR count). The quantitative estimate of drug-likeness (QED) is 0.785. The van der Waals surface area contributed by atoms with Crippen LogP contribution in [0.25, 0.3) is 0 Å². The molecule has 1 aromatic heterocycles. The lowest BCUT2D eigenvalue weighted by Crippen LogP contribution is -2.44. The Hall–Kier alpha value is -1.65. The van der Waals surface area contributed by atoms with Crippen LogP contribution in [0.3, 0.4) is 0 Å². The van der Waals surface area contributed by atoms with Crippen molar-refractivity contribution in [3.05, 3.63) is 57.3 Å². The van der Waals surface area contributed by atoms with Crippen molar-refractivity contribution in [2.75, 3.05) is 6.54 Å². The number of amides is 1. The summed E-state index contributed by atoms with van der Waals surface area (Å²) in [6, 6.07) is 12.4. The molecule has 1 aromatic carbocycles. The Morgan fingerprint density at radius 2 is 1.79 bits per heavy atom. The van der Waals surface area contributed by atoms with Crippen LogP contribution in [0.5, 0.6) is 0 Å². The molecule has 4 heteroatoms. The highest BCUT2D eigenvalue weighted by atomic mass is 32.1. The fourth-order valence-electron chi connectivity index (χ4n) is 2.93. The predicted octanol–water partition coefficient (Wildman–Crippen LogP) is 4.32. The van der Waals surface area contributed by atoms with Gasteiger partial charge in [0.25, 0.3) is 0 Å². The molecular formula is C20H28N2OS. The van der Waals surface area contributed by atoms with Gasteiger partial charge in [-0.25, -0.2) is 0 Å². The normalized spacial score (nSPS) is 14.9. The Morgan fingerprint density at radius 1 is 1.12 bits per heavy atom. The molecule has 0 fully saturated rings. The summed E-state index contributed by atoms with van der Waals surface area (Å²) in [4.78, 5) is 15.0. The summed E-state index contributed by atoms with van der Waals surface area (Å²) in [5.41, 5.74) is 2.53. The van der Waals surface area contributed by atoms with Crippen molar-refractivity contribution in [1.29, 1.82) is 0 Å². The van der Waals surface area contributed by atoms with Gasteiger partial charge in [-0.05, 0) is 50.8 Å². The molecule has 0 saturated carbocycles. The van der Waals surface area contributed by atoms with Crippen LogP contribution in [-0.2, 0) is 4.79 Å². The molecule has 130 valence electrons. The van der Waals surface area contributed by atoms with Gasteiger partial charge in [-0.1, -0.05) is 37.3 Å². The van der Waals surface area contributed by atoms with Crippen LogP contribution in [0, 0.1) is 13.8 Å². The van der Waals surface area contributed by atoms with E-state index in [1.165, 1.54) is 20.9 Å². The molecular weight excluding hydrogens is 316 g/mol. The summed E-state index contributed by atoms with van der Waals surface area (Å²) in [6.07, 6.45) is 0. The molecule has 0 radical (unpaired) electrons. The van der Waals surface area contributed by atoms with Crippen LogP contribution in [0.2, 0.25) is 0 Å². The number of benzene rings is 1. The Labute approximate surface area is 149 Å². The zero-order chi connectivity index (χ0) is 17.7. The van der Waals surface area contributed by atoms with Gasteiger partial charge in [0.15, 0.2) is 0 Å². The highest BCUT2D eigenvalue weighted by Gasteiger charge is 2.19. The molecule has 0 saturated heterocycles. The van der Waals surface area contributed by atoms with Gasteiger partial charge in [0.1, 0.15) is 0 Å². The minimum atomic E-state index is -0.220. The van der Waals surface area contributed by atoms with E-state index in [1.807, 2.05) is 25.1 Å². The third-order valence-electron chi connectivity index (χ3n) is 4.39. The van der Waals surface area contributed by atoms with Gasteiger partial charge in [0.2, 0.25) is 5.91 Å². The molecule has 0 bridgehead atoms. The first-order valence-electron chi connectivity index (χ1n) is 8.54. The fourth-order valence-corrected chi connectivity index (χ4v) is 3.95. The molecule has 0 aliphatic rings. The van der Waals surface area contributed by atoms with Crippen LogP contribution in [0.4, 0.5) is 0 Å². The topological polar surface area (TPSA) is 41.1 Å². The van der Waals surface area contributed by atoms with Crippen LogP contribution in [0.15, 0.2) is 36.4 Å². The van der Waals surface area contributed by atoms with E-state index >= 15 is 0 Å². The van der Waals surface area contributed by atoms with Crippen molar-refractivity contribution < 1.29 is 4.79 Å². The summed E-state index contributed by atoms with van der Waals surface area (Å²) < 4.78 is 0. The summed E-state index contributed by atoms with van der Waals surface area (Å²) >= 11 is 1.80. The molecule has 3 atom stereocenters. The van der Waals surface area contributed by atoms with Crippen molar-refractivity contribution in [2.24, 2.45) is 0 Å². The summed E-state index contributed by atoms with van der Waals surface area (Å²) in [6.45, 7) is 11.1.